The summed E-state index contributed by atoms with van der Waals surface area (Å²) in [5.41, 5.74) is -1.72. The van der Waals surface area contributed by atoms with Crippen molar-refractivity contribution in [3.05, 3.63) is 75.9 Å². The Kier molecular flexibility index (Phi) is 8.82. The van der Waals surface area contributed by atoms with Crippen LogP contribution >= 0.6 is 11.6 Å². The van der Waals surface area contributed by atoms with Gasteiger partial charge in [0.15, 0.2) is 11.4 Å². The van der Waals surface area contributed by atoms with E-state index in [9.17, 15) is 14.7 Å². The minimum atomic E-state index is -1.24. The summed E-state index contributed by atoms with van der Waals surface area (Å²) < 4.78 is 55.6. The van der Waals surface area contributed by atoms with E-state index < -0.39 is 64.1 Å². The van der Waals surface area contributed by atoms with Crippen molar-refractivity contribution in [2.24, 2.45) is 0 Å². The number of carbonyl (C=O) groups is 2. The molecule has 0 bridgehead atoms. The SMILES string of the molecule is COC(=O)c1cnc(O[C@H]2CCC[C@H]2O)c(F)c1-c1c(Cl)c(F)cc2c1C[C@](c1ccccc1)([C@@H]1CCCN1C(=O)OC(C)(C)C)O2. The number of aromatic nitrogens is 1. The molecule has 1 aliphatic carbocycles. The van der Waals surface area contributed by atoms with Gasteiger partial charge in [0.05, 0.1) is 29.8 Å². The molecule has 1 saturated carbocycles. The first-order valence-corrected chi connectivity index (χ1v) is 16.1. The number of carbonyl (C=O) groups excluding carboxylic acids is 2. The van der Waals surface area contributed by atoms with E-state index in [1.54, 1.807) is 25.7 Å². The van der Waals surface area contributed by atoms with Gasteiger partial charge in [0.2, 0.25) is 0 Å². The summed E-state index contributed by atoms with van der Waals surface area (Å²) in [7, 11) is 1.13. The number of hydrogen-bond donors (Lipinski definition) is 1. The quantitative estimate of drug-likeness (QED) is 0.280. The predicted octanol–water partition coefficient (Wildman–Crippen LogP) is 6.99. The van der Waals surface area contributed by atoms with Crippen LogP contribution in [0.2, 0.25) is 5.02 Å². The van der Waals surface area contributed by atoms with Gasteiger partial charge in [-0.2, -0.15) is 0 Å². The standard InChI is InChI=1S/C35H37ClF2N2O7/c1-34(2,3)47-33(43)40-15-9-14-26(40)35(19-10-6-5-7-11-19)17-20-25(46-35)16-22(37)29(36)27(20)28-21(32(42)44-4)18-39-31(30(28)38)45-24-13-8-12-23(24)41/h5-7,10-11,16,18,23-24,26,41H,8-9,12-15,17H2,1-4H3/t23-,24+,26+,35+/m1/s1. The molecule has 47 heavy (non-hydrogen) atoms. The first-order valence-electron chi connectivity index (χ1n) is 15.7. The highest BCUT2D eigenvalue weighted by atomic mass is 35.5. The number of halogens is 3. The zero-order valence-corrected chi connectivity index (χ0v) is 27.4. The highest BCUT2D eigenvalue weighted by Gasteiger charge is 2.54. The first kappa shape index (κ1) is 33.0. The molecule has 3 heterocycles. The summed E-state index contributed by atoms with van der Waals surface area (Å²) in [4.78, 5) is 32.2. The third-order valence-electron chi connectivity index (χ3n) is 9.02. The molecule has 0 unspecified atom stereocenters. The fourth-order valence-electron chi connectivity index (χ4n) is 6.96. The van der Waals surface area contributed by atoms with Crippen LogP contribution in [0.4, 0.5) is 13.6 Å². The van der Waals surface area contributed by atoms with Crippen LogP contribution < -0.4 is 9.47 Å². The van der Waals surface area contributed by atoms with Crippen molar-refractivity contribution < 1.29 is 42.4 Å². The molecule has 12 heteroatoms. The molecule has 1 N–H and O–H groups in total. The molecule has 1 saturated heterocycles. The molecule has 4 atom stereocenters. The summed E-state index contributed by atoms with van der Waals surface area (Å²) >= 11 is 6.66. The molecule has 2 fully saturated rings. The lowest BCUT2D eigenvalue weighted by molar-refractivity contribution is -0.0216. The Morgan fingerprint density at radius 3 is 2.51 bits per heavy atom. The number of aliphatic hydroxyl groups excluding tert-OH is 1. The third-order valence-corrected chi connectivity index (χ3v) is 9.39. The monoisotopic (exact) mass is 670 g/mol. The van der Waals surface area contributed by atoms with Gasteiger partial charge in [-0.05, 0) is 58.4 Å². The second-order valence-corrected chi connectivity index (χ2v) is 13.6. The van der Waals surface area contributed by atoms with Crippen LogP contribution in [0.3, 0.4) is 0 Å². The van der Waals surface area contributed by atoms with Gasteiger partial charge in [-0.3, -0.25) is 0 Å². The van der Waals surface area contributed by atoms with Gasteiger partial charge in [-0.1, -0.05) is 41.9 Å². The van der Waals surface area contributed by atoms with Crippen molar-refractivity contribution >= 4 is 23.7 Å². The summed E-state index contributed by atoms with van der Waals surface area (Å²) in [6.45, 7) is 5.77. The number of aliphatic hydroxyl groups is 1. The molecular weight excluding hydrogens is 634 g/mol. The maximum Gasteiger partial charge on any atom is 0.410 e. The summed E-state index contributed by atoms with van der Waals surface area (Å²) in [5.74, 6) is -3.26. The predicted molar refractivity (Wildman–Crippen MR) is 169 cm³/mol. The lowest BCUT2D eigenvalue weighted by atomic mass is 9.80. The van der Waals surface area contributed by atoms with Gasteiger partial charge in [0.25, 0.3) is 5.88 Å². The van der Waals surface area contributed by atoms with E-state index in [4.69, 9.17) is 30.5 Å². The Hall–Kier alpha value is -3.96. The fraction of sp³-hybridized carbons (Fsp3) is 0.457. The lowest BCUT2D eigenvalue weighted by Crippen LogP contribution is -2.53. The number of pyridine rings is 1. The highest BCUT2D eigenvalue weighted by Crippen LogP contribution is 2.53. The van der Waals surface area contributed by atoms with Crippen molar-refractivity contribution in [3.8, 4) is 22.8 Å². The van der Waals surface area contributed by atoms with Crippen LogP contribution in [-0.2, 0) is 21.5 Å². The molecule has 6 rings (SSSR count). The largest absolute Gasteiger partial charge is 0.480 e. The number of fused-ring (bicyclic) bond motifs is 1. The Morgan fingerprint density at radius 1 is 1.11 bits per heavy atom. The molecule has 0 spiro atoms. The van der Waals surface area contributed by atoms with Crippen molar-refractivity contribution in [2.75, 3.05) is 13.7 Å². The highest BCUT2D eigenvalue weighted by molar-refractivity contribution is 6.34. The molecule has 0 radical (unpaired) electrons. The smallest absolute Gasteiger partial charge is 0.410 e. The number of ether oxygens (including phenoxy) is 4. The molecule has 2 aliphatic heterocycles. The topological polar surface area (TPSA) is 107 Å². The number of methoxy groups -OCH3 is 1. The van der Waals surface area contributed by atoms with E-state index >= 15 is 8.78 Å². The molecule has 1 amide bonds. The summed E-state index contributed by atoms with van der Waals surface area (Å²) in [6, 6.07) is 9.84. The van der Waals surface area contributed by atoms with E-state index in [1.165, 1.54) is 0 Å². The summed E-state index contributed by atoms with van der Waals surface area (Å²) in [5, 5.41) is 9.90. The summed E-state index contributed by atoms with van der Waals surface area (Å²) in [6.07, 6.45) is 1.97. The molecule has 3 aromatic rings. The van der Waals surface area contributed by atoms with Gasteiger partial charge >= 0.3 is 12.1 Å². The minimum Gasteiger partial charge on any atom is -0.480 e. The van der Waals surface area contributed by atoms with Crippen LogP contribution in [0.5, 0.6) is 11.6 Å². The van der Waals surface area contributed by atoms with Gasteiger partial charge in [0, 0.05) is 41.9 Å². The zero-order valence-electron chi connectivity index (χ0n) is 26.6. The van der Waals surface area contributed by atoms with E-state index in [0.717, 1.165) is 19.4 Å². The lowest BCUT2D eigenvalue weighted by Gasteiger charge is -2.40. The van der Waals surface area contributed by atoms with E-state index in [2.05, 4.69) is 4.98 Å². The van der Waals surface area contributed by atoms with E-state index in [-0.39, 0.29) is 28.9 Å². The van der Waals surface area contributed by atoms with Gasteiger partial charge in [-0.25, -0.2) is 23.4 Å². The van der Waals surface area contributed by atoms with Gasteiger partial charge in [0.1, 0.15) is 23.3 Å². The van der Waals surface area contributed by atoms with Crippen molar-refractivity contribution in [3.63, 3.8) is 0 Å². The average molecular weight is 671 g/mol. The Morgan fingerprint density at radius 2 is 1.85 bits per heavy atom. The van der Waals surface area contributed by atoms with E-state index in [1.807, 2.05) is 30.3 Å². The van der Waals surface area contributed by atoms with Crippen molar-refractivity contribution in [2.45, 2.75) is 88.7 Å². The van der Waals surface area contributed by atoms with Crippen molar-refractivity contribution in [1.82, 2.24) is 9.88 Å². The molecule has 9 nitrogen and oxygen atoms in total. The van der Waals surface area contributed by atoms with Crippen LogP contribution in [0, 0.1) is 11.6 Å². The first-order chi connectivity index (χ1) is 22.3. The normalized spacial score (nSPS) is 23.7. The molecule has 2 aromatic carbocycles. The van der Waals surface area contributed by atoms with Gasteiger partial charge < -0.3 is 29.0 Å². The number of benzene rings is 2. The van der Waals surface area contributed by atoms with Crippen LogP contribution in [0.15, 0.2) is 42.6 Å². The zero-order chi connectivity index (χ0) is 33.7. The second kappa shape index (κ2) is 12.6. The van der Waals surface area contributed by atoms with Crippen LogP contribution in [-0.4, -0.2) is 64.6 Å². The number of hydrogen-bond acceptors (Lipinski definition) is 8. The molecule has 1 aromatic heterocycles. The molecule has 3 aliphatic rings. The molecule has 250 valence electrons. The fourth-order valence-corrected chi connectivity index (χ4v) is 7.22. The number of rotatable bonds is 6. The van der Waals surface area contributed by atoms with Crippen LogP contribution in [0.1, 0.15) is 74.4 Å². The number of nitrogens with zero attached hydrogens (tertiary/aromatic N) is 2. The second-order valence-electron chi connectivity index (χ2n) is 13.2. The van der Waals surface area contributed by atoms with Crippen LogP contribution in [0.25, 0.3) is 11.1 Å². The average Bonchev–Trinajstić information content (AvgIpc) is 3.78. The Balaban J connectivity index is 1.53. The van der Waals surface area contributed by atoms with Gasteiger partial charge in [-0.15, -0.1) is 0 Å². The Labute approximate surface area is 276 Å². The minimum absolute atomic E-state index is 0.0472. The Bertz CT molecular complexity index is 1700. The number of amides is 1. The van der Waals surface area contributed by atoms with Crippen molar-refractivity contribution in [1.29, 1.82) is 0 Å². The third kappa shape index (κ3) is 5.99. The van der Waals surface area contributed by atoms with E-state index in [0.29, 0.717) is 49.8 Å². The molecular formula is C35H37ClF2N2O7. The maximum absolute atomic E-state index is 16.6. The number of esters is 1. The number of likely N-dealkylation sites (tertiary alicyclic amines) is 1. The maximum atomic E-state index is 16.6.